The average Bonchev–Trinajstić information content (AvgIpc) is 2.86. The minimum absolute atomic E-state index is 0. The van der Waals surface area contributed by atoms with Crippen LogP contribution in [0.3, 0.4) is 0 Å². The molecular weight excluding hydrogens is 534 g/mol. The van der Waals surface area contributed by atoms with E-state index in [1.807, 2.05) is 4.98 Å². The molecule has 1 aromatic heterocycles. The normalized spacial score (nSPS) is 25.8. The minimum atomic E-state index is -5.99. The number of aliphatic hydroxyl groups excluding tert-OH is 1. The van der Waals surface area contributed by atoms with Crippen molar-refractivity contribution in [3.05, 3.63) is 32.6 Å². The molecular formula is C10H15N2Na3O14P3+. The van der Waals surface area contributed by atoms with Gasteiger partial charge in [-0.3, -0.25) is 28.0 Å². The van der Waals surface area contributed by atoms with Crippen LogP contribution in [-0.2, 0) is 31.6 Å². The number of rotatable bonds is 8. The van der Waals surface area contributed by atoms with Crippen molar-refractivity contribution >= 4 is 23.5 Å². The van der Waals surface area contributed by atoms with Gasteiger partial charge in [-0.1, -0.05) is 0 Å². The van der Waals surface area contributed by atoms with E-state index >= 15 is 0 Å². The van der Waals surface area contributed by atoms with Crippen molar-refractivity contribution in [2.24, 2.45) is 0 Å². The number of hydrogen-bond donors (Lipinski definition) is 4. The van der Waals surface area contributed by atoms with E-state index in [-0.39, 0.29) is 101 Å². The van der Waals surface area contributed by atoms with Gasteiger partial charge in [-0.2, -0.15) is 0 Å². The molecule has 166 valence electrons. The molecule has 2 heterocycles. The zero-order valence-electron chi connectivity index (χ0n) is 17.3. The van der Waals surface area contributed by atoms with Crippen molar-refractivity contribution in [2.75, 3.05) is 6.61 Å². The smallest absolute Gasteiger partial charge is 0.756 e. The maximum atomic E-state index is 11.8. The molecule has 0 saturated carbocycles. The Morgan fingerprint density at radius 2 is 1.75 bits per heavy atom. The third kappa shape index (κ3) is 11.4. The van der Waals surface area contributed by atoms with Gasteiger partial charge in [-0.15, -0.1) is 0 Å². The molecule has 1 aliphatic rings. The minimum Gasteiger partial charge on any atom is -0.756 e. The third-order valence-electron chi connectivity index (χ3n) is 3.47. The number of nitrogens with one attached hydrogen (secondary N) is 1. The molecule has 32 heavy (non-hydrogen) atoms. The van der Waals surface area contributed by atoms with Gasteiger partial charge < -0.3 is 29.4 Å². The van der Waals surface area contributed by atoms with E-state index in [2.05, 4.69) is 13.1 Å². The van der Waals surface area contributed by atoms with Gasteiger partial charge in [0.25, 0.3) is 21.2 Å². The fraction of sp³-hybridized carbons (Fsp3) is 0.600. The molecule has 0 bridgehead atoms. The molecule has 0 radical (unpaired) electrons. The Morgan fingerprint density at radius 1 is 1.19 bits per heavy atom. The third-order valence-corrected chi connectivity index (χ3v) is 7.19. The Hall–Kier alpha value is 2.01. The van der Waals surface area contributed by atoms with Gasteiger partial charge in [0, 0.05) is 18.2 Å². The SMILES string of the molecule is Cc1cn([C@H]2C[C@H](O)[C@@H](COP(=O)(O)OP(=O)([O-])OP(=O)([O-])O)O2)c(=O)[nH]c1=O.[Na+].[Na+].[Na+]. The van der Waals surface area contributed by atoms with Crippen LogP contribution in [0.15, 0.2) is 15.8 Å². The Bertz CT molecular complexity index is 1030. The standard InChI is InChI=1S/C10H17N2O14P3.3Na/c1-5-3-12(10(15)11-9(5)14)8-2-6(13)7(24-8)4-23-28(19,20)26-29(21,22)25-27(16,17)18;;;/h3,6-8,13H,2,4H2,1H3,(H,19,20)(H,21,22)(H,11,14,15)(H2,16,17,18);;;/q;3*+1/p-2/t6-,7+,8+;;;/m0.../s1. The first-order valence-corrected chi connectivity index (χ1v) is 11.9. The van der Waals surface area contributed by atoms with Crippen LogP contribution in [0.4, 0.5) is 0 Å². The number of aliphatic hydroxyl groups is 1. The van der Waals surface area contributed by atoms with Crippen molar-refractivity contribution in [2.45, 2.75) is 31.8 Å². The number of phosphoric ester groups is 1. The molecule has 3 unspecified atom stereocenters. The van der Waals surface area contributed by atoms with Crippen molar-refractivity contribution in [3.8, 4) is 0 Å². The van der Waals surface area contributed by atoms with Gasteiger partial charge in [0.05, 0.1) is 12.7 Å². The summed E-state index contributed by atoms with van der Waals surface area (Å²) in [7, 11) is -17.3. The summed E-state index contributed by atoms with van der Waals surface area (Å²) in [5.41, 5.74) is -1.30. The Balaban J connectivity index is 0. The number of phosphoric acid groups is 3. The molecule has 16 nitrogen and oxygen atoms in total. The number of hydrogen-bond acceptors (Lipinski definition) is 12. The van der Waals surface area contributed by atoms with Crippen molar-refractivity contribution < 1.29 is 145 Å². The maximum Gasteiger partial charge on any atom is 1.00 e. The van der Waals surface area contributed by atoms with Crippen molar-refractivity contribution in [1.29, 1.82) is 0 Å². The fourth-order valence-corrected chi connectivity index (χ4v) is 5.23. The number of nitrogens with zero attached hydrogens (tertiary/aromatic N) is 1. The van der Waals surface area contributed by atoms with E-state index in [1.165, 1.54) is 13.1 Å². The predicted molar refractivity (Wildman–Crippen MR) is 86.0 cm³/mol. The summed E-state index contributed by atoms with van der Waals surface area (Å²) < 4.78 is 50.4. The molecule has 4 N–H and O–H groups in total. The second-order valence-corrected chi connectivity index (χ2v) is 10.1. The number of H-pyrrole nitrogens is 1. The van der Waals surface area contributed by atoms with Crippen LogP contribution in [0.25, 0.3) is 0 Å². The summed E-state index contributed by atoms with van der Waals surface area (Å²) in [6.45, 7) is 0.493. The number of aromatic nitrogens is 2. The zero-order chi connectivity index (χ0) is 22.2. The van der Waals surface area contributed by atoms with Crippen molar-refractivity contribution in [3.63, 3.8) is 0 Å². The van der Waals surface area contributed by atoms with Gasteiger partial charge in [0.1, 0.15) is 12.3 Å². The van der Waals surface area contributed by atoms with E-state index < -0.39 is 59.8 Å². The zero-order valence-corrected chi connectivity index (χ0v) is 26.0. The number of ether oxygens (including phenoxy) is 1. The summed E-state index contributed by atoms with van der Waals surface area (Å²) in [4.78, 5) is 64.4. The molecule has 2 rings (SSSR count). The van der Waals surface area contributed by atoms with Crippen LogP contribution in [0.1, 0.15) is 18.2 Å². The van der Waals surface area contributed by atoms with Crippen LogP contribution in [0.5, 0.6) is 0 Å². The average molecular weight is 549 g/mol. The van der Waals surface area contributed by atoms with Crippen LogP contribution in [0.2, 0.25) is 0 Å². The first kappa shape index (κ1) is 36.2. The second-order valence-electron chi connectivity index (χ2n) is 5.75. The predicted octanol–water partition coefficient (Wildman–Crippen LogP) is -11.4. The summed E-state index contributed by atoms with van der Waals surface area (Å²) in [6.07, 6.45) is -2.78. The second kappa shape index (κ2) is 14.1. The summed E-state index contributed by atoms with van der Waals surface area (Å²) in [5.74, 6) is 0. The molecule has 6 atom stereocenters. The van der Waals surface area contributed by atoms with E-state index in [9.17, 15) is 43.1 Å². The maximum absolute atomic E-state index is 11.8. The first-order chi connectivity index (χ1) is 13.1. The van der Waals surface area contributed by atoms with Gasteiger partial charge >= 0.3 is 102 Å². The van der Waals surface area contributed by atoms with Gasteiger partial charge in [-0.25, -0.2) is 18.0 Å². The molecule has 0 aromatic carbocycles. The summed E-state index contributed by atoms with van der Waals surface area (Å²) in [6, 6.07) is 0. The van der Waals surface area contributed by atoms with Gasteiger partial charge in [-0.05, 0) is 6.92 Å². The Kier molecular flexibility index (Phi) is 15.9. The van der Waals surface area contributed by atoms with E-state index in [0.29, 0.717) is 0 Å². The summed E-state index contributed by atoms with van der Waals surface area (Å²) in [5, 5.41) is 9.96. The van der Waals surface area contributed by atoms with Crippen LogP contribution >= 0.6 is 23.5 Å². The van der Waals surface area contributed by atoms with E-state index in [4.69, 9.17) is 9.63 Å². The van der Waals surface area contributed by atoms with Crippen LogP contribution in [0, 0.1) is 6.92 Å². The van der Waals surface area contributed by atoms with Crippen LogP contribution in [-0.4, -0.2) is 43.3 Å². The molecule has 1 aliphatic heterocycles. The van der Waals surface area contributed by atoms with E-state index in [0.717, 1.165) is 4.57 Å². The van der Waals surface area contributed by atoms with E-state index in [1.54, 1.807) is 0 Å². The van der Waals surface area contributed by atoms with Crippen LogP contribution < -0.4 is 110 Å². The largest absolute Gasteiger partial charge is 1.00 e. The molecule has 1 saturated heterocycles. The quantitative estimate of drug-likeness (QED) is 0.174. The van der Waals surface area contributed by atoms with Gasteiger partial charge in [0.2, 0.25) is 0 Å². The Labute approximate surface area is 246 Å². The molecule has 1 fully saturated rings. The monoisotopic (exact) mass is 549 g/mol. The summed E-state index contributed by atoms with van der Waals surface area (Å²) >= 11 is 0. The topological polar surface area (TPSA) is 250 Å². The first-order valence-electron chi connectivity index (χ1n) is 7.49. The molecule has 0 aliphatic carbocycles. The molecule has 0 amide bonds. The fourth-order valence-electron chi connectivity index (χ4n) is 2.29. The number of aryl methyl sites for hydroxylation is 1. The molecule has 0 spiro atoms. The number of aromatic amines is 1. The van der Waals surface area contributed by atoms with Crippen molar-refractivity contribution in [1.82, 2.24) is 9.55 Å². The Morgan fingerprint density at radius 3 is 2.28 bits per heavy atom. The molecule has 22 heteroatoms. The molecule has 1 aromatic rings. The van der Waals surface area contributed by atoms with Gasteiger partial charge in [0.15, 0.2) is 0 Å².